The minimum absolute atomic E-state index is 0.233. The van der Waals surface area contributed by atoms with Crippen LogP contribution in [0.3, 0.4) is 0 Å². The molecule has 2 heteroatoms. The molecule has 0 fully saturated rings. The van der Waals surface area contributed by atoms with Crippen molar-refractivity contribution in [2.45, 2.75) is 25.8 Å². The summed E-state index contributed by atoms with van der Waals surface area (Å²) in [5.41, 5.74) is 2.74. The maximum absolute atomic E-state index is 4.36. The summed E-state index contributed by atoms with van der Waals surface area (Å²) in [5, 5.41) is 0. The van der Waals surface area contributed by atoms with Crippen molar-refractivity contribution in [1.29, 1.82) is 0 Å². The van der Waals surface area contributed by atoms with Gasteiger partial charge in [-0.25, -0.2) is 0 Å². The zero-order valence-corrected chi connectivity index (χ0v) is 7.83. The maximum atomic E-state index is 4.36. The van der Waals surface area contributed by atoms with Crippen molar-refractivity contribution in [3.05, 3.63) is 24.0 Å². The Morgan fingerprint density at radius 1 is 1.50 bits per heavy atom. The number of hydrogen-bond acceptors (Lipinski definition) is 2. The van der Waals surface area contributed by atoms with Crippen LogP contribution < -0.4 is 4.90 Å². The first-order valence-corrected chi connectivity index (χ1v) is 4.29. The molecule has 0 aliphatic carbocycles. The van der Waals surface area contributed by atoms with Gasteiger partial charge >= 0.3 is 0 Å². The molecule has 1 aromatic heterocycles. The molecule has 0 amide bonds. The molecule has 2 rings (SSSR count). The third-order valence-corrected chi connectivity index (χ3v) is 2.74. The van der Waals surface area contributed by atoms with Gasteiger partial charge in [-0.2, -0.15) is 0 Å². The molecule has 0 radical (unpaired) electrons. The molecule has 0 saturated heterocycles. The number of pyridine rings is 1. The van der Waals surface area contributed by atoms with Gasteiger partial charge in [0.2, 0.25) is 0 Å². The topological polar surface area (TPSA) is 16.1 Å². The molecule has 1 aliphatic heterocycles. The summed E-state index contributed by atoms with van der Waals surface area (Å²) in [6.07, 6.45) is 2.92. The van der Waals surface area contributed by atoms with Crippen LogP contribution in [-0.4, -0.2) is 17.6 Å². The number of nitrogens with zero attached hydrogens (tertiary/aromatic N) is 2. The van der Waals surface area contributed by atoms with E-state index >= 15 is 0 Å². The largest absolute Gasteiger partial charge is 0.368 e. The summed E-state index contributed by atoms with van der Waals surface area (Å²) >= 11 is 0. The molecular weight excluding hydrogens is 148 g/mol. The Hall–Kier alpha value is -1.05. The molecule has 0 unspecified atom stereocenters. The Morgan fingerprint density at radius 3 is 2.92 bits per heavy atom. The summed E-state index contributed by atoms with van der Waals surface area (Å²) in [5.74, 6) is 0. The second-order valence-electron chi connectivity index (χ2n) is 4.02. The van der Waals surface area contributed by atoms with E-state index in [0.717, 1.165) is 6.42 Å². The van der Waals surface area contributed by atoms with Crippen LogP contribution in [-0.2, 0) is 6.42 Å². The fourth-order valence-corrected chi connectivity index (χ4v) is 1.73. The zero-order chi connectivity index (χ0) is 8.77. The molecule has 12 heavy (non-hydrogen) atoms. The molecule has 64 valence electrons. The van der Waals surface area contributed by atoms with Gasteiger partial charge < -0.3 is 4.90 Å². The van der Waals surface area contributed by atoms with Crippen molar-refractivity contribution in [2.75, 3.05) is 11.9 Å². The summed E-state index contributed by atoms with van der Waals surface area (Å²) in [6.45, 7) is 4.49. The first-order chi connectivity index (χ1) is 5.61. The highest BCUT2D eigenvalue weighted by Gasteiger charge is 2.33. The van der Waals surface area contributed by atoms with Crippen molar-refractivity contribution in [3.8, 4) is 0 Å². The number of fused-ring (bicyclic) bond motifs is 1. The fourth-order valence-electron chi connectivity index (χ4n) is 1.73. The highest BCUT2D eigenvalue weighted by molar-refractivity contribution is 5.57. The van der Waals surface area contributed by atoms with Gasteiger partial charge in [0.05, 0.1) is 11.4 Å². The van der Waals surface area contributed by atoms with Gasteiger partial charge in [0, 0.05) is 25.2 Å². The Bertz CT molecular complexity index is 304. The highest BCUT2D eigenvalue weighted by atomic mass is 15.2. The molecule has 2 nitrogen and oxygen atoms in total. The van der Waals surface area contributed by atoms with Crippen LogP contribution in [0.15, 0.2) is 18.3 Å². The van der Waals surface area contributed by atoms with E-state index in [1.165, 1.54) is 11.4 Å². The molecule has 1 aliphatic rings. The number of anilines is 1. The molecule has 0 bridgehead atoms. The van der Waals surface area contributed by atoms with Gasteiger partial charge in [0.25, 0.3) is 0 Å². The van der Waals surface area contributed by atoms with Crippen molar-refractivity contribution >= 4 is 5.69 Å². The fraction of sp³-hybridized carbons (Fsp3) is 0.500. The van der Waals surface area contributed by atoms with E-state index < -0.39 is 0 Å². The van der Waals surface area contributed by atoms with Crippen molar-refractivity contribution in [3.63, 3.8) is 0 Å². The van der Waals surface area contributed by atoms with E-state index in [4.69, 9.17) is 0 Å². The van der Waals surface area contributed by atoms with Crippen LogP contribution in [0.1, 0.15) is 19.5 Å². The lowest BCUT2D eigenvalue weighted by Crippen LogP contribution is -2.37. The average molecular weight is 162 g/mol. The Morgan fingerprint density at radius 2 is 2.25 bits per heavy atom. The van der Waals surface area contributed by atoms with E-state index in [1.807, 2.05) is 12.3 Å². The van der Waals surface area contributed by atoms with Crippen molar-refractivity contribution < 1.29 is 0 Å². The standard InChI is InChI=1S/C10H14N2/c1-10(2)7-8-9(12(10)3)5-4-6-11-8/h4-6H,7H2,1-3H3. The maximum Gasteiger partial charge on any atom is 0.0659 e. The monoisotopic (exact) mass is 162 g/mol. The van der Waals surface area contributed by atoms with Crippen LogP contribution in [0.2, 0.25) is 0 Å². The number of hydrogen-bond donors (Lipinski definition) is 0. The first-order valence-electron chi connectivity index (χ1n) is 4.29. The Labute approximate surface area is 73.2 Å². The second kappa shape index (κ2) is 2.22. The van der Waals surface area contributed by atoms with Gasteiger partial charge in [0.15, 0.2) is 0 Å². The lowest BCUT2D eigenvalue weighted by molar-refractivity contribution is 0.513. The van der Waals surface area contributed by atoms with Gasteiger partial charge in [0.1, 0.15) is 0 Å². The normalized spacial score (nSPS) is 19.4. The summed E-state index contributed by atoms with van der Waals surface area (Å²) in [7, 11) is 2.13. The molecule has 1 aromatic rings. The van der Waals surface area contributed by atoms with Crippen LogP contribution in [0.25, 0.3) is 0 Å². The van der Waals surface area contributed by atoms with Crippen LogP contribution in [0.4, 0.5) is 5.69 Å². The highest BCUT2D eigenvalue weighted by Crippen LogP contribution is 2.35. The predicted molar refractivity (Wildman–Crippen MR) is 50.4 cm³/mol. The van der Waals surface area contributed by atoms with Crippen LogP contribution in [0.5, 0.6) is 0 Å². The quantitative estimate of drug-likeness (QED) is 0.578. The molecule has 0 N–H and O–H groups in total. The average Bonchev–Trinajstić information content (AvgIpc) is 2.24. The SMILES string of the molecule is CN1c2cccnc2CC1(C)C. The summed E-state index contributed by atoms with van der Waals surface area (Å²) in [4.78, 5) is 6.66. The number of aromatic nitrogens is 1. The van der Waals surface area contributed by atoms with Crippen LogP contribution >= 0.6 is 0 Å². The van der Waals surface area contributed by atoms with E-state index in [9.17, 15) is 0 Å². The molecular formula is C10H14N2. The molecule has 0 spiro atoms. The number of rotatable bonds is 0. The van der Waals surface area contributed by atoms with E-state index in [0.29, 0.717) is 0 Å². The van der Waals surface area contributed by atoms with Crippen molar-refractivity contribution in [2.24, 2.45) is 0 Å². The predicted octanol–water partition coefficient (Wildman–Crippen LogP) is 1.85. The van der Waals surface area contributed by atoms with E-state index in [-0.39, 0.29) is 5.54 Å². The second-order valence-corrected chi connectivity index (χ2v) is 4.02. The Kier molecular flexibility index (Phi) is 1.40. The van der Waals surface area contributed by atoms with Gasteiger partial charge in [-0.15, -0.1) is 0 Å². The van der Waals surface area contributed by atoms with E-state index in [1.54, 1.807) is 0 Å². The third-order valence-electron chi connectivity index (χ3n) is 2.74. The minimum atomic E-state index is 0.233. The van der Waals surface area contributed by atoms with Crippen LogP contribution in [0, 0.1) is 0 Å². The zero-order valence-electron chi connectivity index (χ0n) is 7.83. The van der Waals surface area contributed by atoms with Crippen molar-refractivity contribution in [1.82, 2.24) is 4.98 Å². The molecule has 2 heterocycles. The van der Waals surface area contributed by atoms with Gasteiger partial charge in [-0.3, -0.25) is 4.98 Å². The summed E-state index contributed by atoms with van der Waals surface area (Å²) < 4.78 is 0. The molecule has 0 atom stereocenters. The van der Waals surface area contributed by atoms with Gasteiger partial charge in [-0.05, 0) is 26.0 Å². The van der Waals surface area contributed by atoms with E-state index in [2.05, 4.69) is 36.8 Å². The Balaban J connectivity index is 2.49. The smallest absolute Gasteiger partial charge is 0.0659 e. The molecule has 0 aromatic carbocycles. The lowest BCUT2D eigenvalue weighted by atomic mass is 10.0. The molecule has 0 saturated carbocycles. The third kappa shape index (κ3) is 0.909. The number of likely N-dealkylation sites (N-methyl/N-ethyl adjacent to an activating group) is 1. The first kappa shape index (κ1) is 7.59. The lowest BCUT2D eigenvalue weighted by Gasteiger charge is -2.29. The summed E-state index contributed by atoms with van der Waals surface area (Å²) in [6, 6.07) is 4.13. The minimum Gasteiger partial charge on any atom is -0.368 e. The van der Waals surface area contributed by atoms with Gasteiger partial charge in [-0.1, -0.05) is 0 Å².